The molecule has 0 fully saturated rings. The van der Waals surface area contributed by atoms with Gasteiger partial charge in [-0.3, -0.25) is 9.59 Å². The first-order valence-electron chi connectivity index (χ1n) is 13.3. The van der Waals surface area contributed by atoms with Crippen molar-refractivity contribution < 1.29 is 28.5 Å². The average molecular weight is 585 g/mol. The zero-order valence-electron chi connectivity index (χ0n) is 23.0. The van der Waals surface area contributed by atoms with Crippen LogP contribution in [-0.4, -0.2) is 46.0 Å². The minimum Gasteiger partial charge on any atom is -0.454 e. The molecular weight excluding hydrogens is 556 g/mol. The normalized spacial score (nSPS) is 13.5. The molecule has 42 heavy (non-hydrogen) atoms. The van der Waals surface area contributed by atoms with Crippen LogP contribution < -0.4 is 24.3 Å². The summed E-state index contributed by atoms with van der Waals surface area (Å²) < 4.78 is 22.0. The van der Waals surface area contributed by atoms with E-state index in [1.807, 2.05) is 50.2 Å². The molecule has 0 radical (unpaired) electrons. The van der Waals surface area contributed by atoms with Crippen LogP contribution in [0.3, 0.4) is 0 Å². The summed E-state index contributed by atoms with van der Waals surface area (Å²) in [5.74, 6) is 1.62. The van der Waals surface area contributed by atoms with Gasteiger partial charge in [-0.05, 0) is 55.3 Å². The van der Waals surface area contributed by atoms with E-state index in [2.05, 4.69) is 15.3 Å². The van der Waals surface area contributed by atoms with E-state index in [1.54, 1.807) is 41.3 Å². The maximum absolute atomic E-state index is 14.1. The van der Waals surface area contributed by atoms with Gasteiger partial charge in [-0.1, -0.05) is 48.2 Å². The Bertz CT molecular complexity index is 1610. The maximum Gasteiger partial charge on any atom is 0.251 e. The Morgan fingerprint density at radius 3 is 2.19 bits per heavy atom. The molecule has 3 heterocycles. The monoisotopic (exact) mass is 584 g/mol. The van der Waals surface area contributed by atoms with Gasteiger partial charge in [0, 0.05) is 29.7 Å². The summed E-state index contributed by atoms with van der Waals surface area (Å²) in [5.41, 5.74) is 3.61. The molecule has 0 aliphatic carbocycles. The second-order valence-electron chi connectivity index (χ2n) is 9.80. The molecule has 1 N–H and O–H groups in total. The number of carbonyl (C=O) groups excluding carboxylic acids is 2. The van der Waals surface area contributed by atoms with E-state index in [0.717, 1.165) is 17.0 Å². The summed E-state index contributed by atoms with van der Waals surface area (Å²) in [6, 6.07) is 20.9. The number of anilines is 1. The number of rotatable bonds is 9. The standard InChI is InChI=1S/C31H28N4O6S/c1-19-12-20(2)33-31(32-19)42-16-28(36)35(15-21-6-4-3-5-7-21)29(22-8-10-24-26(13-22)40-17-38-24)30(37)34-23-9-11-25-27(14-23)41-18-39-25/h3-14,29H,15-18H2,1-2H3,(H,34,37)/t29-/m1/s1. The minimum absolute atomic E-state index is 0.0358. The van der Waals surface area contributed by atoms with Crippen LogP contribution in [0.15, 0.2) is 78.0 Å². The molecule has 0 bridgehead atoms. The molecule has 4 aromatic rings. The van der Waals surface area contributed by atoms with Gasteiger partial charge in [0.2, 0.25) is 19.5 Å². The largest absolute Gasteiger partial charge is 0.454 e. The van der Waals surface area contributed by atoms with Crippen molar-refractivity contribution in [3.8, 4) is 23.0 Å². The van der Waals surface area contributed by atoms with Crippen molar-refractivity contribution in [2.24, 2.45) is 0 Å². The minimum atomic E-state index is -1.00. The van der Waals surface area contributed by atoms with Gasteiger partial charge in [0.25, 0.3) is 5.91 Å². The second kappa shape index (κ2) is 12.0. The quantitative estimate of drug-likeness (QED) is 0.213. The van der Waals surface area contributed by atoms with E-state index in [4.69, 9.17) is 18.9 Å². The number of aromatic nitrogens is 2. The van der Waals surface area contributed by atoms with Crippen LogP contribution in [0.5, 0.6) is 23.0 Å². The van der Waals surface area contributed by atoms with Crippen molar-refractivity contribution >= 4 is 29.3 Å². The first-order valence-corrected chi connectivity index (χ1v) is 14.3. The molecule has 10 nitrogen and oxygen atoms in total. The first kappa shape index (κ1) is 27.4. The van der Waals surface area contributed by atoms with E-state index < -0.39 is 11.9 Å². The summed E-state index contributed by atoms with van der Waals surface area (Å²) in [6.07, 6.45) is 0. The van der Waals surface area contributed by atoms with Crippen LogP contribution in [0.2, 0.25) is 0 Å². The van der Waals surface area contributed by atoms with Crippen LogP contribution in [-0.2, 0) is 16.1 Å². The predicted molar refractivity (Wildman–Crippen MR) is 156 cm³/mol. The summed E-state index contributed by atoms with van der Waals surface area (Å²) in [7, 11) is 0. The Morgan fingerprint density at radius 1 is 0.833 bits per heavy atom. The highest BCUT2D eigenvalue weighted by Gasteiger charge is 2.33. The molecule has 214 valence electrons. The Morgan fingerprint density at radius 2 is 1.48 bits per heavy atom. The Kier molecular flexibility index (Phi) is 7.83. The highest BCUT2D eigenvalue weighted by molar-refractivity contribution is 7.99. The lowest BCUT2D eigenvalue weighted by molar-refractivity contribution is -0.137. The van der Waals surface area contributed by atoms with Gasteiger partial charge in [-0.25, -0.2) is 9.97 Å². The molecule has 2 amide bonds. The van der Waals surface area contributed by atoms with Gasteiger partial charge in [0.1, 0.15) is 6.04 Å². The van der Waals surface area contributed by atoms with Gasteiger partial charge in [0.05, 0.1) is 5.75 Å². The Hall–Kier alpha value is -4.77. The molecular formula is C31H28N4O6S. The fourth-order valence-corrected chi connectivity index (χ4v) is 5.65. The number of thioether (sulfide) groups is 1. The van der Waals surface area contributed by atoms with Gasteiger partial charge >= 0.3 is 0 Å². The number of ether oxygens (including phenoxy) is 4. The number of nitrogens with one attached hydrogen (secondary N) is 1. The van der Waals surface area contributed by atoms with E-state index in [1.165, 1.54) is 11.8 Å². The molecule has 0 saturated carbocycles. The number of carbonyl (C=O) groups is 2. The molecule has 0 unspecified atom stereocenters. The van der Waals surface area contributed by atoms with Crippen LogP contribution in [0.1, 0.15) is 28.6 Å². The van der Waals surface area contributed by atoms with Gasteiger partial charge in [-0.15, -0.1) is 0 Å². The van der Waals surface area contributed by atoms with Crippen molar-refractivity contribution in [3.63, 3.8) is 0 Å². The highest BCUT2D eigenvalue weighted by Crippen LogP contribution is 2.38. The summed E-state index contributed by atoms with van der Waals surface area (Å²) in [6.45, 7) is 4.18. The lowest BCUT2D eigenvalue weighted by Crippen LogP contribution is -2.41. The lowest BCUT2D eigenvalue weighted by atomic mass is 10.0. The fraction of sp³-hybridized carbons (Fsp3) is 0.226. The van der Waals surface area contributed by atoms with Gasteiger partial charge in [0.15, 0.2) is 28.2 Å². The number of hydrogen-bond donors (Lipinski definition) is 1. The number of fused-ring (bicyclic) bond motifs is 2. The topological polar surface area (TPSA) is 112 Å². The van der Waals surface area contributed by atoms with Crippen LogP contribution in [0.4, 0.5) is 5.69 Å². The third-order valence-corrected chi connectivity index (χ3v) is 7.55. The number of benzene rings is 3. The van der Waals surface area contributed by atoms with E-state index in [0.29, 0.717) is 39.4 Å². The van der Waals surface area contributed by atoms with Crippen LogP contribution in [0.25, 0.3) is 0 Å². The van der Waals surface area contributed by atoms with E-state index in [-0.39, 0.29) is 31.8 Å². The van der Waals surface area contributed by atoms with Crippen molar-refractivity contribution in [3.05, 3.63) is 95.3 Å². The number of aryl methyl sites for hydroxylation is 2. The van der Waals surface area contributed by atoms with Gasteiger partial charge < -0.3 is 29.2 Å². The molecule has 2 aliphatic heterocycles. The van der Waals surface area contributed by atoms with Crippen molar-refractivity contribution in [1.82, 2.24) is 14.9 Å². The first-order chi connectivity index (χ1) is 20.4. The Balaban J connectivity index is 1.35. The predicted octanol–water partition coefficient (Wildman–Crippen LogP) is 5.05. The number of nitrogens with zero attached hydrogens (tertiary/aromatic N) is 3. The fourth-order valence-electron chi connectivity index (χ4n) is 4.81. The van der Waals surface area contributed by atoms with Crippen molar-refractivity contribution in [1.29, 1.82) is 0 Å². The molecule has 11 heteroatoms. The summed E-state index contributed by atoms with van der Waals surface area (Å²) in [5, 5.41) is 3.48. The highest BCUT2D eigenvalue weighted by atomic mass is 32.2. The van der Waals surface area contributed by atoms with Crippen molar-refractivity contribution in [2.75, 3.05) is 24.7 Å². The Labute approximate surface area is 247 Å². The number of hydrogen-bond acceptors (Lipinski definition) is 9. The molecule has 1 aromatic heterocycles. The average Bonchev–Trinajstić information content (AvgIpc) is 3.65. The number of amides is 2. The maximum atomic E-state index is 14.1. The molecule has 1 atom stereocenters. The smallest absolute Gasteiger partial charge is 0.251 e. The second-order valence-corrected chi connectivity index (χ2v) is 10.7. The van der Waals surface area contributed by atoms with Gasteiger partial charge in [-0.2, -0.15) is 0 Å². The van der Waals surface area contributed by atoms with Crippen LogP contribution in [0, 0.1) is 13.8 Å². The summed E-state index contributed by atoms with van der Waals surface area (Å²) in [4.78, 5) is 38.7. The lowest BCUT2D eigenvalue weighted by Gasteiger charge is -2.31. The zero-order valence-corrected chi connectivity index (χ0v) is 23.8. The molecule has 3 aromatic carbocycles. The summed E-state index contributed by atoms with van der Waals surface area (Å²) >= 11 is 1.24. The van der Waals surface area contributed by atoms with E-state index >= 15 is 0 Å². The van der Waals surface area contributed by atoms with E-state index in [9.17, 15) is 9.59 Å². The third kappa shape index (κ3) is 6.10. The van der Waals surface area contributed by atoms with Crippen molar-refractivity contribution in [2.45, 2.75) is 31.6 Å². The third-order valence-electron chi connectivity index (χ3n) is 6.72. The molecule has 2 aliphatic rings. The SMILES string of the molecule is Cc1cc(C)nc(SCC(=O)N(Cc2ccccc2)[C@@H](C(=O)Nc2ccc3c(c2)OCO3)c2ccc3c(c2)OCO3)n1. The van der Waals surface area contributed by atoms with Crippen LogP contribution >= 0.6 is 11.8 Å². The molecule has 0 saturated heterocycles. The zero-order chi connectivity index (χ0) is 29.1. The molecule has 6 rings (SSSR count). The molecule has 0 spiro atoms.